The third-order valence-corrected chi connectivity index (χ3v) is 9.89. The van der Waals surface area contributed by atoms with Crippen LogP contribution >= 0.6 is 0 Å². The van der Waals surface area contributed by atoms with E-state index in [2.05, 4.69) is 219 Å². The molecule has 0 aromatic heterocycles. The molecule has 0 aliphatic heterocycles. The van der Waals surface area contributed by atoms with E-state index in [1.807, 2.05) is 0 Å². The van der Waals surface area contributed by atoms with Crippen LogP contribution in [0.2, 0.25) is 0 Å². The van der Waals surface area contributed by atoms with Crippen LogP contribution in [0.25, 0.3) is 33.0 Å². The zero-order valence-corrected chi connectivity index (χ0v) is 30.2. The molecule has 0 radical (unpaired) electrons. The number of benzene rings is 8. The van der Waals surface area contributed by atoms with Gasteiger partial charge in [-0.25, -0.2) is 0 Å². The van der Waals surface area contributed by atoms with Crippen molar-refractivity contribution in [3.05, 3.63) is 204 Å². The molecule has 0 fully saturated rings. The standard InChI is InChI=1S/C50H42N2/c1-35-15-23-41(24-16-35)51(42-25-17-36(2)18-26-42)45-31-47(39-11-7-5-8-12-39)50-34-46(32-48(49(50)33-45)40-13-9-6-10-14-40)52(43-27-19-37(3)20-28-43)44-29-21-38(4)22-30-44/h5-34H,1-4H3. The van der Waals surface area contributed by atoms with Crippen molar-refractivity contribution < 1.29 is 0 Å². The highest BCUT2D eigenvalue weighted by molar-refractivity contribution is 6.09. The van der Waals surface area contributed by atoms with Crippen molar-refractivity contribution in [2.24, 2.45) is 0 Å². The van der Waals surface area contributed by atoms with E-state index in [9.17, 15) is 0 Å². The van der Waals surface area contributed by atoms with E-state index < -0.39 is 0 Å². The minimum Gasteiger partial charge on any atom is -0.310 e. The second-order valence-electron chi connectivity index (χ2n) is 13.8. The first kappa shape index (κ1) is 32.8. The van der Waals surface area contributed by atoms with Crippen LogP contribution in [0.4, 0.5) is 34.1 Å². The van der Waals surface area contributed by atoms with E-state index in [1.165, 1.54) is 55.3 Å². The molecule has 8 rings (SSSR count). The Balaban J connectivity index is 1.46. The Hall–Kier alpha value is -6.38. The molecule has 0 N–H and O–H groups in total. The lowest BCUT2D eigenvalue weighted by Gasteiger charge is -2.29. The van der Waals surface area contributed by atoms with E-state index in [-0.39, 0.29) is 0 Å². The van der Waals surface area contributed by atoms with Crippen molar-refractivity contribution in [3.8, 4) is 22.3 Å². The molecule has 2 heteroatoms. The Morgan fingerprint density at radius 1 is 0.269 bits per heavy atom. The summed E-state index contributed by atoms with van der Waals surface area (Å²) in [5.41, 5.74) is 16.4. The van der Waals surface area contributed by atoms with Crippen molar-refractivity contribution in [1.29, 1.82) is 0 Å². The van der Waals surface area contributed by atoms with Crippen LogP contribution in [-0.2, 0) is 0 Å². The molecule has 0 saturated carbocycles. The Bertz CT molecular complexity index is 2180. The average molecular weight is 671 g/mol. The maximum Gasteiger partial charge on any atom is 0.0474 e. The van der Waals surface area contributed by atoms with Crippen molar-refractivity contribution in [1.82, 2.24) is 0 Å². The SMILES string of the molecule is Cc1ccc(N(c2ccc(C)cc2)c2cc(-c3ccccc3)c3cc(N(c4ccc(C)cc4)c4ccc(C)cc4)cc(-c4ccccc4)c3c2)cc1. The Morgan fingerprint density at radius 3 is 0.808 bits per heavy atom. The van der Waals surface area contributed by atoms with Gasteiger partial charge in [0.05, 0.1) is 0 Å². The number of rotatable bonds is 8. The summed E-state index contributed by atoms with van der Waals surface area (Å²) in [6.07, 6.45) is 0. The van der Waals surface area contributed by atoms with E-state index in [0.717, 1.165) is 34.1 Å². The second-order valence-corrected chi connectivity index (χ2v) is 13.8. The van der Waals surface area contributed by atoms with Crippen LogP contribution in [-0.4, -0.2) is 0 Å². The molecule has 0 heterocycles. The van der Waals surface area contributed by atoms with E-state index in [1.54, 1.807) is 0 Å². The van der Waals surface area contributed by atoms with Crippen molar-refractivity contribution in [3.63, 3.8) is 0 Å². The number of hydrogen-bond acceptors (Lipinski definition) is 2. The molecule has 0 atom stereocenters. The Kier molecular flexibility index (Phi) is 8.89. The number of aryl methyl sites for hydroxylation is 4. The zero-order valence-electron chi connectivity index (χ0n) is 30.2. The van der Waals surface area contributed by atoms with Gasteiger partial charge in [-0.05, 0) is 134 Å². The summed E-state index contributed by atoms with van der Waals surface area (Å²) < 4.78 is 0. The van der Waals surface area contributed by atoms with Crippen LogP contribution < -0.4 is 9.80 Å². The zero-order chi connectivity index (χ0) is 35.6. The fraction of sp³-hybridized carbons (Fsp3) is 0.0800. The summed E-state index contributed by atoms with van der Waals surface area (Å²) >= 11 is 0. The lowest BCUT2D eigenvalue weighted by molar-refractivity contribution is 1.27. The van der Waals surface area contributed by atoms with Gasteiger partial charge in [0.1, 0.15) is 0 Å². The fourth-order valence-electron chi connectivity index (χ4n) is 7.07. The minimum atomic E-state index is 1.11. The average Bonchev–Trinajstić information content (AvgIpc) is 3.18. The quantitative estimate of drug-likeness (QED) is 0.159. The first-order valence-electron chi connectivity index (χ1n) is 18.0. The van der Waals surface area contributed by atoms with Crippen LogP contribution in [0.1, 0.15) is 22.3 Å². The van der Waals surface area contributed by atoms with Crippen molar-refractivity contribution >= 4 is 44.9 Å². The largest absolute Gasteiger partial charge is 0.310 e. The first-order valence-corrected chi connectivity index (χ1v) is 18.0. The maximum atomic E-state index is 2.39. The van der Waals surface area contributed by atoms with Gasteiger partial charge in [0.25, 0.3) is 0 Å². The monoisotopic (exact) mass is 670 g/mol. The molecule has 2 nitrogen and oxygen atoms in total. The molecule has 0 bridgehead atoms. The van der Waals surface area contributed by atoms with Crippen molar-refractivity contribution in [2.75, 3.05) is 9.80 Å². The normalized spacial score (nSPS) is 11.1. The number of fused-ring (bicyclic) bond motifs is 1. The molecule has 8 aromatic rings. The topological polar surface area (TPSA) is 6.48 Å². The third-order valence-electron chi connectivity index (χ3n) is 9.89. The molecule has 0 saturated heterocycles. The van der Waals surface area contributed by atoms with Gasteiger partial charge in [-0.2, -0.15) is 0 Å². The Labute approximate surface area is 307 Å². The third kappa shape index (κ3) is 6.59. The van der Waals surface area contributed by atoms with Gasteiger partial charge in [0, 0.05) is 34.1 Å². The summed E-state index contributed by atoms with van der Waals surface area (Å²) in [7, 11) is 0. The molecule has 252 valence electrons. The Morgan fingerprint density at radius 2 is 0.538 bits per heavy atom. The molecule has 0 aliphatic carbocycles. The highest BCUT2D eigenvalue weighted by atomic mass is 15.1. The lowest BCUT2D eigenvalue weighted by atomic mass is 9.90. The van der Waals surface area contributed by atoms with Crippen LogP contribution in [0.3, 0.4) is 0 Å². The predicted molar refractivity (Wildman–Crippen MR) is 223 cm³/mol. The highest BCUT2D eigenvalue weighted by Gasteiger charge is 2.21. The van der Waals surface area contributed by atoms with Gasteiger partial charge in [0.2, 0.25) is 0 Å². The number of nitrogens with zero attached hydrogens (tertiary/aromatic N) is 2. The molecule has 0 spiro atoms. The summed E-state index contributed by atoms with van der Waals surface area (Å²) in [4.78, 5) is 4.77. The van der Waals surface area contributed by atoms with Gasteiger partial charge < -0.3 is 9.80 Å². The predicted octanol–water partition coefficient (Wildman–Crippen LogP) is 14.3. The lowest BCUT2D eigenvalue weighted by Crippen LogP contribution is -2.11. The molecule has 0 unspecified atom stereocenters. The second kappa shape index (κ2) is 14.1. The molecular weight excluding hydrogens is 629 g/mol. The molecular formula is C50H42N2. The van der Waals surface area contributed by atoms with E-state index in [0.29, 0.717) is 0 Å². The minimum absolute atomic E-state index is 1.11. The number of anilines is 6. The van der Waals surface area contributed by atoms with Gasteiger partial charge in [-0.3, -0.25) is 0 Å². The molecule has 0 aliphatic rings. The van der Waals surface area contributed by atoms with E-state index >= 15 is 0 Å². The van der Waals surface area contributed by atoms with Crippen LogP contribution in [0, 0.1) is 27.7 Å². The fourth-order valence-corrected chi connectivity index (χ4v) is 7.07. The summed E-state index contributed by atoms with van der Waals surface area (Å²) in [6.45, 7) is 8.57. The molecule has 0 amide bonds. The van der Waals surface area contributed by atoms with Gasteiger partial charge in [-0.15, -0.1) is 0 Å². The number of hydrogen-bond donors (Lipinski definition) is 0. The van der Waals surface area contributed by atoms with Gasteiger partial charge in [-0.1, -0.05) is 131 Å². The maximum absolute atomic E-state index is 2.39. The molecule has 8 aromatic carbocycles. The summed E-state index contributed by atoms with van der Waals surface area (Å²) in [5.74, 6) is 0. The highest BCUT2D eigenvalue weighted by Crippen LogP contribution is 2.46. The van der Waals surface area contributed by atoms with Gasteiger partial charge in [0.15, 0.2) is 0 Å². The van der Waals surface area contributed by atoms with Crippen molar-refractivity contribution in [2.45, 2.75) is 27.7 Å². The van der Waals surface area contributed by atoms with Gasteiger partial charge >= 0.3 is 0 Å². The summed E-state index contributed by atoms with van der Waals surface area (Å²) in [6, 6.07) is 66.6. The summed E-state index contributed by atoms with van der Waals surface area (Å²) in [5, 5.41) is 2.39. The smallest absolute Gasteiger partial charge is 0.0474 e. The first-order chi connectivity index (χ1) is 25.4. The van der Waals surface area contributed by atoms with Crippen LogP contribution in [0.15, 0.2) is 182 Å². The van der Waals surface area contributed by atoms with Crippen LogP contribution in [0.5, 0.6) is 0 Å². The molecule has 52 heavy (non-hydrogen) atoms. The van der Waals surface area contributed by atoms with E-state index in [4.69, 9.17) is 0 Å².